The van der Waals surface area contributed by atoms with Gasteiger partial charge < -0.3 is 5.32 Å². The Morgan fingerprint density at radius 1 is 1.00 bits per heavy atom. The van der Waals surface area contributed by atoms with Crippen molar-refractivity contribution in [2.75, 3.05) is 22.4 Å². The first-order valence-corrected chi connectivity index (χ1v) is 10.1. The Morgan fingerprint density at radius 3 is 2.24 bits per heavy atom. The Bertz CT molecular complexity index is 919. The van der Waals surface area contributed by atoms with Gasteiger partial charge in [0.25, 0.3) is 0 Å². The van der Waals surface area contributed by atoms with Crippen LogP contribution in [0.15, 0.2) is 36.4 Å². The minimum absolute atomic E-state index is 0.172. The third-order valence-corrected chi connectivity index (χ3v) is 5.53. The van der Waals surface area contributed by atoms with E-state index in [0.29, 0.717) is 5.02 Å². The number of hydrogen-bond acceptors (Lipinski definition) is 3. The van der Waals surface area contributed by atoms with Crippen LogP contribution in [0.4, 0.5) is 11.4 Å². The third-order valence-electron chi connectivity index (χ3n) is 3.08. The first kappa shape index (κ1) is 20.1. The molecule has 0 aliphatic carbocycles. The zero-order valence-corrected chi connectivity index (χ0v) is 16.6. The van der Waals surface area contributed by atoms with E-state index in [4.69, 9.17) is 46.4 Å². The highest BCUT2D eigenvalue weighted by molar-refractivity contribution is 7.92. The Hall–Kier alpha value is -1.18. The molecule has 1 amide bonds. The van der Waals surface area contributed by atoms with Gasteiger partial charge in [-0.1, -0.05) is 46.4 Å². The fourth-order valence-corrected chi connectivity index (χ4v) is 3.43. The van der Waals surface area contributed by atoms with Crippen LogP contribution in [0.1, 0.15) is 0 Å². The molecule has 0 aliphatic heterocycles. The number of hydrogen-bond donors (Lipinski definition) is 1. The van der Waals surface area contributed by atoms with E-state index in [2.05, 4.69) is 5.32 Å². The molecular formula is C15H12Cl4N2O3S. The summed E-state index contributed by atoms with van der Waals surface area (Å²) in [5.74, 6) is -0.597. The van der Waals surface area contributed by atoms with E-state index in [-0.39, 0.29) is 26.4 Å². The number of amides is 1. The molecule has 0 bridgehead atoms. The largest absolute Gasteiger partial charge is 0.323 e. The van der Waals surface area contributed by atoms with Crippen molar-refractivity contribution in [1.82, 2.24) is 0 Å². The summed E-state index contributed by atoms with van der Waals surface area (Å²) < 4.78 is 25.0. The molecule has 0 atom stereocenters. The van der Waals surface area contributed by atoms with E-state index in [0.717, 1.165) is 10.6 Å². The quantitative estimate of drug-likeness (QED) is 0.730. The van der Waals surface area contributed by atoms with Crippen LogP contribution < -0.4 is 9.62 Å². The first-order chi connectivity index (χ1) is 11.6. The fraction of sp³-hybridized carbons (Fsp3) is 0.133. The normalized spacial score (nSPS) is 11.2. The van der Waals surface area contributed by atoms with E-state index in [1.165, 1.54) is 30.3 Å². The second-order valence-corrected chi connectivity index (χ2v) is 8.61. The molecule has 0 saturated carbocycles. The first-order valence-electron chi connectivity index (χ1n) is 6.75. The van der Waals surface area contributed by atoms with Crippen LogP contribution in [0.2, 0.25) is 20.1 Å². The summed E-state index contributed by atoms with van der Waals surface area (Å²) in [7, 11) is -3.74. The molecule has 2 aromatic carbocycles. The minimum atomic E-state index is -3.74. The van der Waals surface area contributed by atoms with Crippen molar-refractivity contribution in [3.05, 3.63) is 56.5 Å². The summed E-state index contributed by atoms with van der Waals surface area (Å²) in [5, 5.41) is 3.63. The molecule has 0 radical (unpaired) electrons. The Labute approximate surface area is 165 Å². The van der Waals surface area contributed by atoms with E-state index >= 15 is 0 Å². The van der Waals surface area contributed by atoms with Crippen LogP contribution in [-0.2, 0) is 14.8 Å². The van der Waals surface area contributed by atoms with Crippen LogP contribution >= 0.6 is 46.4 Å². The minimum Gasteiger partial charge on any atom is -0.323 e. The van der Waals surface area contributed by atoms with Crippen molar-refractivity contribution in [2.45, 2.75) is 0 Å². The van der Waals surface area contributed by atoms with Crippen molar-refractivity contribution in [3.8, 4) is 0 Å². The van der Waals surface area contributed by atoms with Crippen molar-refractivity contribution in [1.29, 1.82) is 0 Å². The molecule has 2 aromatic rings. The number of benzene rings is 2. The maximum atomic E-state index is 12.3. The maximum Gasteiger partial charge on any atom is 0.245 e. The van der Waals surface area contributed by atoms with Gasteiger partial charge in [-0.05, 0) is 36.4 Å². The smallest absolute Gasteiger partial charge is 0.245 e. The lowest BCUT2D eigenvalue weighted by molar-refractivity contribution is -0.114. The average Bonchev–Trinajstić information content (AvgIpc) is 2.50. The average molecular weight is 442 g/mol. The highest BCUT2D eigenvalue weighted by Crippen LogP contribution is 2.29. The third kappa shape index (κ3) is 5.39. The zero-order chi connectivity index (χ0) is 18.8. The molecule has 0 aliphatic rings. The summed E-state index contributed by atoms with van der Waals surface area (Å²) in [6, 6.07) is 8.82. The molecule has 1 N–H and O–H groups in total. The summed E-state index contributed by atoms with van der Waals surface area (Å²) in [4.78, 5) is 12.3. The molecule has 134 valence electrons. The highest BCUT2D eigenvalue weighted by atomic mass is 35.5. The SMILES string of the molecule is CS(=O)(=O)N(CC(=O)Nc1cc(Cl)ccc1Cl)c1ccc(Cl)c(Cl)c1. The fourth-order valence-electron chi connectivity index (χ4n) is 1.95. The summed E-state index contributed by atoms with van der Waals surface area (Å²) >= 11 is 23.6. The number of halogens is 4. The van der Waals surface area contributed by atoms with Crippen molar-refractivity contribution in [2.24, 2.45) is 0 Å². The van der Waals surface area contributed by atoms with Crippen LogP contribution in [0.25, 0.3) is 0 Å². The molecule has 25 heavy (non-hydrogen) atoms. The van der Waals surface area contributed by atoms with E-state index in [9.17, 15) is 13.2 Å². The molecule has 0 aromatic heterocycles. The molecule has 0 saturated heterocycles. The predicted molar refractivity (Wildman–Crippen MR) is 104 cm³/mol. The molecule has 0 fully saturated rings. The van der Waals surface area contributed by atoms with Crippen LogP contribution in [0.3, 0.4) is 0 Å². The van der Waals surface area contributed by atoms with Gasteiger partial charge in [-0.3, -0.25) is 9.10 Å². The number of sulfonamides is 1. The van der Waals surface area contributed by atoms with Crippen molar-refractivity contribution in [3.63, 3.8) is 0 Å². The summed E-state index contributed by atoms with van der Waals surface area (Å²) in [6.07, 6.45) is 0.981. The number of carbonyl (C=O) groups is 1. The molecule has 0 unspecified atom stereocenters. The maximum absolute atomic E-state index is 12.3. The van der Waals surface area contributed by atoms with E-state index < -0.39 is 22.5 Å². The molecule has 10 heteroatoms. The Kier molecular flexibility index (Phi) is 6.45. The summed E-state index contributed by atoms with van der Waals surface area (Å²) in [6.45, 7) is -0.473. The zero-order valence-electron chi connectivity index (χ0n) is 12.8. The van der Waals surface area contributed by atoms with Crippen LogP contribution in [0.5, 0.6) is 0 Å². The van der Waals surface area contributed by atoms with Gasteiger partial charge in [-0.25, -0.2) is 8.42 Å². The highest BCUT2D eigenvalue weighted by Gasteiger charge is 2.22. The lowest BCUT2D eigenvalue weighted by Gasteiger charge is -2.22. The van der Waals surface area contributed by atoms with Gasteiger partial charge in [0.05, 0.1) is 32.7 Å². The Balaban J connectivity index is 2.27. The van der Waals surface area contributed by atoms with Gasteiger partial charge in [0, 0.05) is 5.02 Å². The van der Waals surface area contributed by atoms with Crippen LogP contribution in [0, 0.1) is 0 Å². The van der Waals surface area contributed by atoms with Crippen LogP contribution in [-0.4, -0.2) is 27.1 Å². The van der Waals surface area contributed by atoms with E-state index in [1.54, 1.807) is 6.07 Å². The topological polar surface area (TPSA) is 66.5 Å². The number of carbonyl (C=O) groups excluding carboxylic acids is 1. The number of nitrogens with zero attached hydrogens (tertiary/aromatic N) is 1. The van der Waals surface area contributed by atoms with Gasteiger partial charge in [-0.2, -0.15) is 0 Å². The number of rotatable bonds is 5. The molecular weight excluding hydrogens is 430 g/mol. The molecule has 5 nitrogen and oxygen atoms in total. The van der Waals surface area contributed by atoms with Crippen molar-refractivity contribution < 1.29 is 13.2 Å². The van der Waals surface area contributed by atoms with Gasteiger partial charge in [0.15, 0.2) is 0 Å². The number of nitrogens with one attached hydrogen (secondary N) is 1. The lowest BCUT2D eigenvalue weighted by Crippen LogP contribution is -2.37. The summed E-state index contributed by atoms with van der Waals surface area (Å²) in [5.41, 5.74) is 0.492. The van der Waals surface area contributed by atoms with Gasteiger partial charge in [0.1, 0.15) is 6.54 Å². The van der Waals surface area contributed by atoms with E-state index in [1.807, 2.05) is 0 Å². The monoisotopic (exact) mass is 440 g/mol. The predicted octanol–water partition coefficient (Wildman–Crippen LogP) is 4.70. The second-order valence-electron chi connectivity index (χ2n) is 5.04. The lowest BCUT2D eigenvalue weighted by atomic mass is 10.3. The molecule has 2 rings (SSSR count). The van der Waals surface area contributed by atoms with Crippen molar-refractivity contribution >= 4 is 73.7 Å². The van der Waals surface area contributed by atoms with Gasteiger partial charge >= 0.3 is 0 Å². The number of anilines is 2. The standard InChI is InChI=1S/C15H12Cl4N2O3S/c1-25(23,24)21(10-3-5-11(17)13(19)7-10)8-15(22)20-14-6-9(16)2-4-12(14)18/h2-7H,8H2,1H3,(H,20,22). The molecule has 0 heterocycles. The van der Waals surface area contributed by atoms with Gasteiger partial charge in [-0.15, -0.1) is 0 Å². The second kappa shape index (κ2) is 8.01. The molecule has 0 spiro atoms. The van der Waals surface area contributed by atoms with Gasteiger partial charge in [0.2, 0.25) is 15.9 Å². The Morgan fingerprint density at radius 2 is 1.64 bits per heavy atom.